The van der Waals surface area contributed by atoms with Gasteiger partial charge in [0.15, 0.2) is 0 Å². The van der Waals surface area contributed by atoms with Gasteiger partial charge in [-0.15, -0.1) is 11.3 Å². The first kappa shape index (κ1) is 14.4. The first-order chi connectivity index (χ1) is 8.86. The lowest BCUT2D eigenvalue weighted by Crippen LogP contribution is -2.06. The quantitative estimate of drug-likeness (QED) is 0.776. The molecule has 0 spiro atoms. The molecule has 0 unspecified atom stereocenters. The number of nitrogens with one attached hydrogen (secondary N) is 1. The third-order valence-electron chi connectivity index (χ3n) is 2.55. The van der Waals surface area contributed by atoms with E-state index in [9.17, 15) is 13.2 Å². The molecule has 0 bridgehead atoms. The Morgan fingerprint density at radius 1 is 1.21 bits per heavy atom. The molecule has 1 heterocycles. The summed E-state index contributed by atoms with van der Waals surface area (Å²) >= 11 is 4.82. The molecule has 0 saturated carbocycles. The van der Waals surface area contributed by atoms with E-state index in [-0.39, 0.29) is 0 Å². The molecule has 0 amide bonds. The molecule has 0 fully saturated rings. The molecule has 1 aromatic heterocycles. The van der Waals surface area contributed by atoms with Gasteiger partial charge in [-0.1, -0.05) is 0 Å². The van der Waals surface area contributed by atoms with Crippen LogP contribution in [0.15, 0.2) is 34.8 Å². The molecule has 1 aromatic carbocycles. The van der Waals surface area contributed by atoms with Gasteiger partial charge in [-0.3, -0.25) is 0 Å². The molecule has 2 aromatic rings. The highest BCUT2D eigenvalue weighted by Crippen LogP contribution is 2.34. The second kappa shape index (κ2) is 5.54. The summed E-state index contributed by atoms with van der Waals surface area (Å²) in [4.78, 5) is 2.35. The van der Waals surface area contributed by atoms with Crippen molar-refractivity contribution < 1.29 is 13.2 Å². The van der Waals surface area contributed by atoms with Crippen molar-refractivity contribution in [3.05, 3.63) is 50.1 Å². The Morgan fingerprint density at radius 2 is 1.95 bits per heavy atom. The van der Waals surface area contributed by atoms with Crippen molar-refractivity contribution in [3.63, 3.8) is 0 Å². The molecule has 6 heteroatoms. The van der Waals surface area contributed by atoms with Gasteiger partial charge in [0.2, 0.25) is 0 Å². The summed E-state index contributed by atoms with van der Waals surface area (Å²) in [6.45, 7) is 2.62. The molecule has 0 aliphatic rings. The van der Waals surface area contributed by atoms with Crippen molar-refractivity contribution in [2.75, 3.05) is 5.32 Å². The van der Waals surface area contributed by atoms with Crippen LogP contribution >= 0.6 is 27.3 Å². The van der Waals surface area contributed by atoms with Crippen LogP contribution in [-0.2, 0) is 12.7 Å². The SMILES string of the molecule is Cc1ccc(CNc2ccc(C(F)(F)F)cc2Br)s1. The summed E-state index contributed by atoms with van der Waals surface area (Å²) in [5.74, 6) is 0. The summed E-state index contributed by atoms with van der Waals surface area (Å²) in [5.41, 5.74) is -0.00375. The molecular weight excluding hydrogens is 339 g/mol. The maximum atomic E-state index is 12.5. The Morgan fingerprint density at radius 3 is 2.47 bits per heavy atom. The van der Waals surface area contributed by atoms with Gasteiger partial charge in [0.25, 0.3) is 0 Å². The molecular formula is C13H11BrF3NS. The minimum absolute atomic E-state index is 0.413. The standard InChI is InChI=1S/C13H11BrF3NS/c1-8-2-4-10(19-8)7-18-12-5-3-9(6-11(12)14)13(15,16)17/h2-6,18H,7H2,1H3. The summed E-state index contributed by atoms with van der Waals surface area (Å²) < 4.78 is 38.0. The molecule has 1 N–H and O–H groups in total. The summed E-state index contributed by atoms with van der Waals surface area (Å²) in [5, 5.41) is 3.12. The van der Waals surface area contributed by atoms with Gasteiger partial charge in [-0.25, -0.2) is 0 Å². The van der Waals surface area contributed by atoms with Gasteiger partial charge in [0.1, 0.15) is 0 Å². The van der Waals surface area contributed by atoms with E-state index in [2.05, 4.69) is 21.2 Å². The first-order valence-electron chi connectivity index (χ1n) is 5.52. The maximum absolute atomic E-state index is 12.5. The number of alkyl halides is 3. The van der Waals surface area contributed by atoms with Gasteiger partial charge in [0.05, 0.1) is 5.56 Å². The Balaban J connectivity index is 2.09. The van der Waals surface area contributed by atoms with Gasteiger partial charge in [-0.2, -0.15) is 13.2 Å². The second-order valence-electron chi connectivity index (χ2n) is 4.06. The minimum atomic E-state index is -4.31. The smallest absolute Gasteiger partial charge is 0.379 e. The highest BCUT2D eigenvalue weighted by molar-refractivity contribution is 9.10. The lowest BCUT2D eigenvalue weighted by molar-refractivity contribution is -0.137. The Bertz CT molecular complexity index is 578. The van der Waals surface area contributed by atoms with Crippen LogP contribution < -0.4 is 5.32 Å². The highest BCUT2D eigenvalue weighted by Gasteiger charge is 2.30. The van der Waals surface area contributed by atoms with Crippen molar-refractivity contribution in [1.82, 2.24) is 0 Å². The van der Waals surface area contributed by atoms with Gasteiger partial charge < -0.3 is 5.32 Å². The van der Waals surface area contributed by atoms with Crippen molar-refractivity contribution in [1.29, 1.82) is 0 Å². The second-order valence-corrected chi connectivity index (χ2v) is 6.29. The van der Waals surface area contributed by atoms with Crippen LogP contribution in [0.5, 0.6) is 0 Å². The molecule has 2 rings (SSSR count). The third-order valence-corrected chi connectivity index (χ3v) is 4.20. The number of anilines is 1. The van der Waals surface area contributed by atoms with Crippen LogP contribution in [0.1, 0.15) is 15.3 Å². The third kappa shape index (κ3) is 3.73. The zero-order valence-corrected chi connectivity index (χ0v) is 12.4. The van der Waals surface area contributed by atoms with E-state index in [1.165, 1.54) is 10.9 Å². The predicted molar refractivity (Wildman–Crippen MR) is 75.5 cm³/mol. The zero-order valence-electron chi connectivity index (χ0n) is 10.0. The fourth-order valence-corrected chi connectivity index (χ4v) is 2.95. The number of benzene rings is 1. The van der Waals surface area contributed by atoms with Crippen LogP contribution in [0.4, 0.5) is 18.9 Å². The topological polar surface area (TPSA) is 12.0 Å². The van der Waals surface area contributed by atoms with Crippen LogP contribution in [0.3, 0.4) is 0 Å². The Kier molecular flexibility index (Phi) is 4.20. The lowest BCUT2D eigenvalue weighted by atomic mass is 10.2. The average Bonchev–Trinajstić information content (AvgIpc) is 2.72. The molecule has 0 atom stereocenters. The normalized spacial score (nSPS) is 11.6. The van der Waals surface area contributed by atoms with Crippen molar-refractivity contribution in [3.8, 4) is 0 Å². The van der Waals surface area contributed by atoms with E-state index < -0.39 is 11.7 Å². The van der Waals surface area contributed by atoms with Crippen LogP contribution in [0, 0.1) is 6.92 Å². The maximum Gasteiger partial charge on any atom is 0.416 e. The number of hydrogen-bond donors (Lipinski definition) is 1. The van der Waals surface area contributed by atoms with E-state index in [1.54, 1.807) is 11.3 Å². The largest absolute Gasteiger partial charge is 0.416 e. The molecule has 1 nitrogen and oxygen atoms in total. The van der Waals surface area contributed by atoms with Crippen molar-refractivity contribution in [2.45, 2.75) is 19.6 Å². The van der Waals surface area contributed by atoms with Crippen LogP contribution in [-0.4, -0.2) is 0 Å². The number of rotatable bonds is 3. The van der Waals surface area contributed by atoms with Crippen LogP contribution in [0.2, 0.25) is 0 Å². The highest BCUT2D eigenvalue weighted by atomic mass is 79.9. The van der Waals surface area contributed by atoms with E-state index in [0.29, 0.717) is 16.7 Å². The van der Waals surface area contributed by atoms with Crippen molar-refractivity contribution >= 4 is 33.0 Å². The van der Waals surface area contributed by atoms with E-state index in [0.717, 1.165) is 17.0 Å². The van der Waals surface area contributed by atoms with Crippen molar-refractivity contribution in [2.24, 2.45) is 0 Å². The Labute approximate surface area is 121 Å². The summed E-state index contributed by atoms with van der Waals surface area (Å²) in [6.07, 6.45) is -4.31. The number of thiophene rings is 1. The molecule has 0 saturated heterocycles. The molecule has 19 heavy (non-hydrogen) atoms. The van der Waals surface area contributed by atoms with E-state index >= 15 is 0 Å². The summed E-state index contributed by atoms with van der Waals surface area (Å²) in [7, 11) is 0. The van der Waals surface area contributed by atoms with E-state index in [1.807, 2.05) is 19.1 Å². The van der Waals surface area contributed by atoms with Gasteiger partial charge in [-0.05, 0) is 53.2 Å². The predicted octanol–water partition coefficient (Wildman–Crippen LogP) is 5.45. The average molecular weight is 350 g/mol. The minimum Gasteiger partial charge on any atom is -0.379 e. The molecule has 0 aliphatic heterocycles. The molecule has 102 valence electrons. The van der Waals surface area contributed by atoms with Gasteiger partial charge >= 0.3 is 6.18 Å². The lowest BCUT2D eigenvalue weighted by Gasteiger charge is -2.11. The number of aryl methyl sites for hydroxylation is 1. The Hall–Kier alpha value is -1.01. The zero-order chi connectivity index (χ0) is 14.0. The molecule has 0 radical (unpaired) electrons. The fraction of sp³-hybridized carbons (Fsp3) is 0.231. The van der Waals surface area contributed by atoms with Gasteiger partial charge in [0, 0.05) is 26.5 Å². The molecule has 0 aliphatic carbocycles. The summed E-state index contributed by atoms with van der Waals surface area (Å²) in [6, 6.07) is 7.62. The van der Waals surface area contributed by atoms with E-state index in [4.69, 9.17) is 0 Å². The monoisotopic (exact) mass is 349 g/mol. The first-order valence-corrected chi connectivity index (χ1v) is 7.13. The number of hydrogen-bond acceptors (Lipinski definition) is 2. The number of halogens is 4. The van der Waals surface area contributed by atoms with Crippen LogP contribution in [0.25, 0.3) is 0 Å². The fourth-order valence-electron chi connectivity index (χ4n) is 1.60.